The summed E-state index contributed by atoms with van der Waals surface area (Å²) in [6.07, 6.45) is 9.29. The average Bonchev–Trinajstić information content (AvgIpc) is 3.53. The highest BCUT2D eigenvalue weighted by Gasteiger charge is 2.44. The Morgan fingerprint density at radius 1 is 0.939 bits per heavy atom. The van der Waals surface area contributed by atoms with Crippen molar-refractivity contribution in [2.45, 2.75) is 64.0 Å². The third-order valence-corrected chi connectivity index (χ3v) is 7.47. The van der Waals surface area contributed by atoms with Gasteiger partial charge < -0.3 is 5.32 Å². The summed E-state index contributed by atoms with van der Waals surface area (Å²) in [4.78, 5) is 36.1. The predicted molar refractivity (Wildman–Crippen MR) is 127 cm³/mol. The molecule has 0 unspecified atom stereocenters. The molecule has 33 heavy (non-hydrogen) atoms. The van der Waals surface area contributed by atoms with E-state index in [9.17, 15) is 9.59 Å². The molecule has 0 bridgehead atoms. The van der Waals surface area contributed by atoms with Gasteiger partial charge in [0.2, 0.25) is 11.8 Å². The minimum Gasteiger partial charge on any atom is -0.367 e. The van der Waals surface area contributed by atoms with Crippen LogP contribution in [0.4, 0.5) is 5.82 Å². The second-order valence-electron chi connectivity index (χ2n) is 10.0. The van der Waals surface area contributed by atoms with E-state index in [1.807, 2.05) is 18.2 Å². The number of carbonyl (C=O) groups excluding carboxylic acids is 2. The van der Waals surface area contributed by atoms with Gasteiger partial charge in [0, 0.05) is 24.3 Å². The number of benzene rings is 2. The third-order valence-electron chi connectivity index (χ3n) is 7.47. The van der Waals surface area contributed by atoms with Crippen LogP contribution in [0, 0.1) is 5.41 Å². The molecule has 168 valence electrons. The zero-order chi connectivity index (χ0) is 22.4. The zero-order valence-electron chi connectivity index (χ0n) is 18.7. The monoisotopic (exact) mass is 440 g/mol. The summed E-state index contributed by atoms with van der Waals surface area (Å²) in [5.74, 6) is 0.847. The molecule has 1 saturated heterocycles. The van der Waals surface area contributed by atoms with E-state index < -0.39 is 0 Å². The molecular weight excluding hydrogens is 412 g/mol. The Labute approximate surface area is 193 Å². The highest BCUT2D eigenvalue weighted by Crippen LogP contribution is 2.47. The molecule has 2 amide bonds. The standard InChI is InChI=1S/C27H28N4O2/c32-24-14-27(10-1-2-11-27)15-25(33)31(24)16-18-4-3-5-19(12-18)20-6-9-23-22(13-20)26(29-17-28-23)30-21-7-8-21/h3-6,9,12-13,17,21H,1-2,7-8,10-11,14-16H2,(H,28,29,30). The van der Waals surface area contributed by atoms with Gasteiger partial charge in [0.05, 0.1) is 12.1 Å². The average molecular weight is 441 g/mol. The van der Waals surface area contributed by atoms with Crippen LogP contribution in [0.15, 0.2) is 48.8 Å². The molecule has 3 aliphatic rings. The zero-order valence-corrected chi connectivity index (χ0v) is 18.7. The molecule has 2 saturated carbocycles. The van der Waals surface area contributed by atoms with Crippen LogP contribution in [-0.2, 0) is 16.1 Å². The second kappa shape index (κ2) is 7.94. The van der Waals surface area contributed by atoms with Crippen molar-refractivity contribution in [3.05, 3.63) is 54.4 Å². The number of hydrogen-bond donors (Lipinski definition) is 1. The SMILES string of the molecule is O=C1CC2(CCCC2)CC(=O)N1Cc1cccc(-c2ccc3ncnc(NC4CC4)c3c2)c1. The van der Waals surface area contributed by atoms with Crippen molar-refractivity contribution >= 4 is 28.5 Å². The number of nitrogens with one attached hydrogen (secondary N) is 1. The number of likely N-dealkylation sites (tertiary alicyclic amines) is 1. The lowest BCUT2D eigenvalue weighted by molar-refractivity contribution is -0.154. The Hall–Kier alpha value is -3.28. The Morgan fingerprint density at radius 2 is 1.70 bits per heavy atom. The van der Waals surface area contributed by atoms with Crippen LogP contribution in [0.3, 0.4) is 0 Å². The van der Waals surface area contributed by atoms with Crippen LogP contribution < -0.4 is 5.32 Å². The maximum Gasteiger partial charge on any atom is 0.230 e. The lowest BCUT2D eigenvalue weighted by Crippen LogP contribution is -2.46. The fourth-order valence-electron chi connectivity index (χ4n) is 5.49. The quantitative estimate of drug-likeness (QED) is 0.560. The largest absolute Gasteiger partial charge is 0.367 e. The second-order valence-corrected chi connectivity index (χ2v) is 10.0. The molecule has 6 rings (SSSR count). The topological polar surface area (TPSA) is 75.2 Å². The van der Waals surface area contributed by atoms with Gasteiger partial charge in [0.15, 0.2) is 0 Å². The summed E-state index contributed by atoms with van der Waals surface area (Å²) in [5.41, 5.74) is 3.95. The minimum absolute atomic E-state index is 0.0165. The first-order valence-corrected chi connectivity index (χ1v) is 12.0. The molecule has 2 heterocycles. The summed E-state index contributed by atoms with van der Waals surface area (Å²) >= 11 is 0. The van der Waals surface area contributed by atoms with E-state index in [2.05, 4.69) is 39.6 Å². The smallest absolute Gasteiger partial charge is 0.230 e. The van der Waals surface area contributed by atoms with Gasteiger partial charge in [0.25, 0.3) is 0 Å². The highest BCUT2D eigenvalue weighted by atomic mass is 16.2. The minimum atomic E-state index is -0.0636. The fourth-order valence-corrected chi connectivity index (χ4v) is 5.49. The van der Waals surface area contributed by atoms with E-state index in [1.54, 1.807) is 6.33 Å². The Kier molecular flexibility index (Phi) is 4.89. The lowest BCUT2D eigenvalue weighted by atomic mass is 9.76. The van der Waals surface area contributed by atoms with Crippen LogP contribution >= 0.6 is 0 Å². The van der Waals surface area contributed by atoms with E-state index in [0.29, 0.717) is 25.4 Å². The van der Waals surface area contributed by atoms with Gasteiger partial charge >= 0.3 is 0 Å². The van der Waals surface area contributed by atoms with E-state index >= 15 is 0 Å². The van der Waals surface area contributed by atoms with E-state index in [1.165, 1.54) is 17.7 Å². The van der Waals surface area contributed by atoms with Gasteiger partial charge in [-0.1, -0.05) is 37.1 Å². The Balaban J connectivity index is 1.25. The summed E-state index contributed by atoms with van der Waals surface area (Å²) in [7, 11) is 0. The summed E-state index contributed by atoms with van der Waals surface area (Å²) in [5, 5.41) is 4.51. The summed E-state index contributed by atoms with van der Waals surface area (Å²) in [6.45, 7) is 0.340. The molecule has 1 spiro atoms. The first kappa shape index (κ1) is 20.3. The maximum absolute atomic E-state index is 12.9. The number of carbonyl (C=O) groups is 2. The number of imide groups is 1. The van der Waals surface area contributed by atoms with Crippen LogP contribution in [0.25, 0.3) is 22.0 Å². The molecule has 0 atom stereocenters. The van der Waals surface area contributed by atoms with Crippen molar-refractivity contribution in [1.29, 1.82) is 0 Å². The Morgan fingerprint density at radius 3 is 2.45 bits per heavy atom. The molecule has 6 heteroatoms. The molecule has 3 aromatic rings. The third kappa shape index (κ3) is 3.99. The van der Waals surface area contributed by atoms with Crippen molar-refractivity contribution in [3.63, 3.8) is 0 Å². The van der Waals surface area contributed by atoms with Crippen LogP contribution in [-0.4, -0.2) is 32.7 Å². The van der Waals surface area contributed by atoms with Gasteiger partial charge in [0.1, 0.15) is 12.1 Å². The molecule has 0 radical (unpaired) electrons. The van der Waals surface area contributed by atoms with Crippen LogP contribution in [0.5, 0.6) is 0 Å². The van der Waals surface area contributed by atoms with Gasteiger partial charge in [-0.05, 0) is 66.0 Å². The molecular formula is C27H28N4O2. The summed E-state index contributed by atoms with van der Waals surface area (Å²) in [6, 6.07) is 14.9. The predicted octanol–water partition coefficient (Wildman–Crippen LogP) is 5.08. The van der Waals surface area contributed by atoms with Crippen molar-refractivity contribution in [1.82, 2.24) is 14.9 Å². The van der Waals surface area contributed by atoms with Crippen molar-refractivity contribution in [2.24, 2.45) is 5.41 Å². The van der Waals surface area contributed by atoms with Crippen LogP contribution in [0.2, 0.25) is 0 Å². The first-order chi connectivity index (χ1) is 16.1. The first-order valence-electron chi connectivity index (χ1n) is 12.0. The van der Waals surface area contributed by atoms with Gasteiger partial charge in [-0.3, -0.25) is 14.5 Å². The molecule has 6 nitrogen and oxygen atoms in total. The molecule has 3 fully saturated rings. The number of anilines is 1. The lowest BCUT2D eigenvalue weighted by Gasteiger charge is -2.37. The normalized spacial score (nSPS) is 20.1. The molecule has 2 aliphatic carbocycles. The number of amides is 2. The van der Waals surface area contributed by atoms with E-state index in [-0.39, 0.29) is 17.2 Å². The summed E-state index contributed by atoms with van der Waals surface area (Å²) < 4.78 is 0. The fraction of sp³-hybridized carbons (Fsp3) is 0.407. The number of nitrogens with zero attached hydrogens (tertiary/aromatic N) is 3. The van der Waals surface area contributed by atoms with Gasteiger partial charge in [-0.25, -0.2) is 9.97 Å². The van der Waals surface area contributed by atoms with E-state index in [4.69, 9.17) is 0 Å². The van der Waals surface area contributed by atoms with Crippen molar-refractivity contribution in [2.75, 3.05) is 5.32 Å². The molecule has 1 N–H and O–H groups in total. The molecule has 2 aromatic carbocycles. The van der Waals surface area contributed by atoms with Crippen molar-refractivity contribution in [3.8, 4) is 11.1 Å². The number of piperidine rings is 1. The molecule has 1 aliphatic heterocycles. The van der Waals surface area contributed by atoms with Gasteiger partial charge in [-0.15, -0.1) is 0 Å². The number of fused-ring (bicyclic) bond motifs is 1. The van der Waals surface area contributed by atoms with Crippen molar-refractivity contribution < 1.29 is 9.59 Å². The van der Waals surface area contributed by atoms with Gasteiger partial charge in [-0.2, -0.15) is 0 Å². The number of aromatic nitrogens is 2. The maximum atomic E-state index is 12.9. The highest BCUT2D eigenvalue weighted by molar-refractivity contribution is 5.98. The number of rotatable bonds is 5. The van der Waals surface area contributed by atoms with E-state index in [0.717, 1.165) is 59.1 Å². The number of hydrogen-bond acceptors (Lipinski definition) is 5. The molecule has 1 aromatic heterocycles. The van der Waals surface area contributed by atoms with Crippen LogP contribution in [0.1, 0.15) is 56.9 Å². The Bertz CT molecular complexity index is 1220.